The minimum atomic E-state index is -1.02. The van der Waals surface area contributed by atoms with E-state index in [0.717, 1.165) is 19.4 Å². The molecule has 0 amide bonds. The van der Waals surface area contributed by atoms with Gasteiger partial charge in [-0.3, -0.25) is 0 Å². The second kappa shape index (κ2) is 5.13. The third-order valence-corrected chi connectivity index (χ3v) is 3.85. The van der Waals surface area contributed by atoms with E-state index in [1.807, 2.05) is 0 Å². The Morgan fingerprint density at radius 3 is 3.11 bits per heavy atom. The molecule has 2 unspecified atom stereocenters. The van der Waals surface area contributed by atoms with Gasteiger partial charge in [-0.05, 0) is 18.9 Å². The van der Waals surface area contributed by atoms with Crippen molar-refractivity contribution in [3.05, 3.63) is 18.0 Å². The second-order valence-electron chi connectivity index (χ2n) is 5.00. The van der Waals surface area contributed by atoms with Crippen LogP contribution >= 0.6 is 0 Å². The molecule has 6 heteroatoms. The molecule has 0 radical (unpaired) electrons. The fourth-order valence-corrected chi connectivity index (χ4v) is 2.95. The second-order valence-corrected chi connectivity index (χ2v) is 5.00. The van der Waals surface area contributed by atoms with Crippen molar-refractivity contribution in [1.29, 1.82) is 0 Å². The average Bonchev–Trinajstić information content (AvgIpc) is 2.47. The fourth-order valence-electron chi connectivity index (χ4n) is 2.95. The highest BCUT2D eigenvalue weighted by Crippen LogP contribution is 2.30. The molecule has 1 aromatic heterocycles. The Labute approximate surface area is 111 Å². The minimum Gasteiger partial charge on any atom is -0.477 e. The Kier molecular flexibility index (Phi) is 3.33. The number of ether oxygens (including phenoxy) is 1. The summed E-state index contributed by atoms with van der Waals surface area (Å²) in [5.41, 5.74) is 0.0452. The van der Waals surface area contributed by atoms with Gasteiger partial charge in [0.05, 0.1) is 18.8 Å². The van der Waals surface area contributed by atoms with Crippen LogP contribution < -0.4 is 4.90 Å². The highest BCUT2D eigenvalue weighted by Gasteiger charge is 2.35. The van der Waals surface area contributed by atoms with Crippen LogP contribution in [0.2, 0.25) is 0 Å². The summed E-state index contributed by atoms with van der Waals surface area (Å²) < 4.78 is 5.80. The van der Waals surface area contributed by atoms with Crippen LogP contribution in [0.4, 0.5) is 5.95 Å². The lowest BCUT2D eigenvalue weighted by atomic mass is 9.90. The first-order valence-electron chi connectivity index (χ1n) is 6.70. The zero-order valence-electron chi connectivity index (χ0n) is 10.7. The predicted molar refractivity (Wildman–Crippen MR) is 68.3 cm³/mol. The van der Waals surface area contributed by atoms with Crippen molar-refractivity contribution in [2.45, 2.75) is 37.8 Å². The maximum absolute atomic E-state index is 11.0. The van der Waals surface area contributed by atoms with E-state index in [4.69, 9.17) is 9.84 Å². The van der Waals surface area contributed by atoms with Gasteiger partial charge in [-0.25, -0.2) is 14.8 Å². The van der Waals surface area contributed by atoms with E-state index >= 15 is 0 Å². The molecule has 3 rings (SSSR count). The van der Waals surface area contributed by atoms with E-state index in [-0.39, 0.29) is 17.8 Å². The van der Waals surface area contributed by atoms with Crippen LogP contribution in [0, 0.1) is 0 Å². The van der Waals surface area contributed by atoms with E-state index in [1.165, 1.54) is 25.1 Å². The lowest BCUT2D eigenvalue weighted by Gasteiger charge is -2.43. The zero-order chi connectivity index (χ0) is 13.2. The van der Waals surface area contributed by atoms with Gasteiger partial charge in [-0.2, -0.15) is 0 Å². The van der Waals surface area contributed by atoms with Crippen LogP contribution in [-0.2, 0) is 4.74 Å². The van der Waals surface area contributed by atoms with Crippen molar-refractivity contribution < 1.29 is 14.6 Å². The Hall–Kier alpha value is -1.69. The number of carbonyl (C=O) groups is 1. The van der Waals surface area contributed by atoms with E-state index in [0.29, 0.717) is 12.6 Å². The summed E-state index contributed by atoms with van der Waals surface area (Å²) in [6.07, 6.45) is 6.26. The molecule has 2 heterocycles. The van der Waals surface area contributed by atoms with Gasteiger partial charge in [-0.1, -0.05) is 12.8 Å². The van der Waals surface area contributed by atoms with E-state index in [9.17, 15) is 4.79 Å². The number of morpholine rings is 1. The number of carboxylic acid groups (broad SMARTS) is 1. The SMILES string of the molecule is O=C(O)c1ccnc(N2CCOC3CCCCC32)n1. The van der Waals surface area contributed by atoms with Crippen molar-refractivity contribution >= 4 is 11.9 Å². The van der Waals surface area contributed by atoms with Crippen molar-refractivity contribution in [3.63, 3.8) is 0 Å². The quantitative estimate of drug-likeness (QED) is 0.867. The molecule has 1 saturated carbocycles. The van der Waals surface area contributed by atoms with Crippen molar-refractivity contribution in [2.24, 2.45) is 0 Å². The Morgan fingerprint density at radius 1 is 1.42 bits per heavy atom. The van der Waals surface area contributed by atoms with E-state index in [1.54, 1.807) is 0 Å². The van der Waals surface area contributed by atoms with Crippen LogP contribution in [0.3, 0.4) is 0 Å². The number of aromatic nitrogens is 2. The summed E-state index contributed by atoms with van der Waals surface area (Å²) in [6, 6.07) is 1.71. The van der Waals surface area contributed by atoms with Gasteiger partial charge in [0.2, 0.25) is 5.95 Å². The smallest absolute Gasteiger partial charge is 0.354 e. The Bertz CT molecular complexity index is 478. The minimum absolute atomic E-state index is 0.0452. The molecule has 0 aromatic carbocycles. The molecule has 1 N–H and O–H groups in total. The zero-order valence-corrected chi connectivity index (χ0v) is 10.7. The van der Waals surface area contributed by atoms with Gasteiger partial charge >= 0.3 is 5.97 Å². The molecule has 102 valence electrons. The molecule has 6 nitrogen and oxygen atoms in total. The van der Waals surface area contributed by atoms with Crippen LogP contribution in [0.1, 0.15) is 36.2 Å². The number of fused-ring (bicyclic) bond motifs is 1. The van der Waals surface area contributed by atoms with Crippen LogP contribution in [0.5, 0.6) is 0 Å². The Balaban J connectivity index is 1.87. The summed E-state index contributed by atoms with van der Waals surface area (Å²) in [5.74, 6) is -0.503. The first kappa shape index (κ1) is 12.3. The summed E-state index contributed by atoms with van der Waals surface area (Å²) in [6.45, 7) is 1.38. The van der Waals surface area contributed by atoms with Gasteiger partial charge in [0.25, 0.3) is 0 Å². The molecule has 1 aliphatic carbocycles. The molecule has 0 spiro atoms. The molecule has 1 aromatic rings. The van der Waals surface area contributed by atoms with E-state index < -0.39 is 5.97 Å². The number of rotatable bonds is 2. The molecule has 0 bridgehead atoms. The van der Waals surface area contributed by atoms with Gasteiger partial charge in [0.15, 0.2) is 5.69 Å². The monoisotopic (exact) mass is 263 g/mol. The molecular weight excluding hydrogens is 246 g/mol. The highest BCUT2D eigenvalue weighted by atomic mass is 16.5. The first-order chi connectivity index (χ1) is 9.25. The Morgan fingerprint density at radius 2 is 2.26 bits per heavy atom. The topological polar surface area (TPSA) is 75.5 Å². The summed E-state index contributed by atoms with van der Waals surface area (Å²) in [4.78, 5) is 21.5. The number of hydrogen-bond acceptors (Lipinski definition) is 5. The maximum atomic E-state index is 11.0. The number of anilines is 1. The molecule has 19 heavy (non-hydrogen) atoms. The predicted octanol–water partition coefficient (Wildman–Crippen LogP) is 1.32. The number of aromatic carboxylic acids is 1. The highest BCUT2D eigenvalue weighted by molar-refractivity contribution is 5.85. The molecule has 1 aliphatic heterocycles. The maximum Gasteiger partial charge on any atom is 0.354 e. The molecule has 2 atom stereocenters. The van der Waals surface area contributed by atoms with Crippen LogP contribution in [-0.4, -0.2) is 46.3 Å². The van der Waals surface area contributed by atoms with Crippen LogP contribution in [0.25, 0.3) is 0 Å². The van der Waals surface area contributed by atoms with Gasteiger partial charge in [0, 0.05) is 12.7 Å². The number of carboxylic acids is 1. The lowest BCUT2D eigenvalue weighted by Crippen LogP contribution is -2.53. The van der Waals surface area contributed by atoms with Crippen molar-refractivity contribution in [2.75, 3.05) is 18.1 Å². The van der Waals surface area contributed by atoms with Crippen LogP contribution in [0.15, 0.2) is 12.3 Å². The molecule has 1 saturated heterocycles. The fraction of sp³-hybridized carbons (Fsp3) is 0.615. The molecule has 2 fully saturated rings. The standard InChI is InChI=1S/C13H17N3O3/c17-12(18)9-5-6-14-13(15-9)16-7-8-19-11-4-2-1-3-10(11)16/h5-6,10-11H,1-4,7-8H2,(H,17,18). The summed E-state index contributed by atoms with van der Waals surface area (Å²) in [5, 5.41) is 9.01. The molecule has 2 aliphatic rings. The van der Waals surface area contributed by atoms with Crippen molar-refractivity contribution in [3.8, 4) is 0 Å². The normalized spacial score (nSPS) is 26.8. The third-order valence-electron chi connectivity index (χ3n) is 3.85. The number of nitrogens with zero attached hydrogens (tertiary/aromatic N) is 3. The van der Waals surface area contributed by atoms with Crippen molar-refractivity contribution in [1.82, 2.24) is 9.97 Å². The first-order valence-corrected chi connectivity index (χ1v) is 6.70. The summed E-state index contributed by atoms with van der Waals surface area (Å²) in [7, 11) is 0. The third kappa shape index (κ3) is 2.40. The number of hydrogen-bond donors (Lipinski definition) is 1. The lowest BCUT2D eigenvalue weighted by molar-refractivity contribution is -0.00933. The largest absolute Gasteiger partial charge is 0.477 e. The van der Waals surface area contributed by atoms with E-state index in [2.05, 4.69) is 14.9 Å². The van der Waals surface area contributed by atoms with Gasteiger partial charge in [0.1, 0.15) is 0 Å². The van der Waals surface area contributed by atoms with Gasteiger partial charge < -0.3 is 14.7 Å². The molecular formula is C13H17N3O3. The van der Waals surface area contributed by atoms with Gasteiger partial charge in [-0.15, -0.1) is 0 Å². The summed E-state index contributed by atoms with van der Waals surface area (Å²) >= 11 is 0. The average molecular weight is 263 g/mol.